The van der Waals surface area contributed by atoms with Crippen LogP contribution in [0.25, 0.3) is 5.53 Å². The SMILES string of the molecule is CCCC(CC)Oc1ccccc1S(=O)(=O)C(=[N+]=[N-])S(=O)(=O)c1ccccc1OC(CC)CCC. The van der Waals surface area contributed by atoms with Crippen molar-refractivity contribution in [1.29, 1.82) is 0 Å². The summed E-state index contributed by atoms with van der Waals surface area (Å²) in [5.41, 5.74) is 9.67. The van der Waals surface area contributed by atoms with Crippen molar-refractivity contribution in [2.45, 2.75) is 88.2 Å². The lowest BCUT2D eigenvalue weighted by atomic mass is 10.1. The minimum absolute atomic E-state index is 0.00248. The number of para-hydroxylation sites is 2. The van der Waals surface area contributed by atoms with Crippen LogP contribution in [0.4, 0.5) is 0 Å². The fourth-order valence-electron chi connectivity index (χ4n) is 3.67. The summed E-state index contributed by atoms with van der Waals surface area (Å²) in [6.07, 6.45) is 3.85. The summed E-state index contributed by atoms with van der Waals surface area (Å²) in [6, 6.07) is 11.5. The summed E-state index contributed by atoms with van der Waals surface area (Å²) in [4.78, 5) is 1.99. The first-order valence-electron chi connectivity index (χ1n) is 11.9. The molecule has 0 saturated carbocycles. The zero-order valence-corrected chi connectivity index (χ0v) is 22.3. The largest absolute Gasteiger partial charge is 0.504 e. The van der Waals surface area contributed by atoms with Crippen LogP contribution in [0, 0.1) is 0 Å². The second-order valence-electron chi connectivity index (χ2n) is 8.14. The number of hydrogen-bond acceptors (Lipinski definition) is 6. The summed E-state index contributed by atoms with van der Waals surface area (Å²) in [7, 11) is -9.57. The lowest BCUT2D eigenvalue weighted by Gasteiger charge is -2.19. The van der Waals surface area contributed by atoms with Gasteiger partial charge in [0.05, 0.1) is 12.2 Å². The molecule has 0 radical (unpaired) electrons. The summed E-state index contributed by atoms with van der Waals surface area (Å²) < 4.78 is 64.6. The molecule has 2 rings (SSSR count). The van der Waals surface area contributed by atoms with E-state index < -0.39 is 24.1 Å². The molecule has 10 heteroatoms. The Balaban J connectivity index is 2.58. The molecule has 2 aromatic rings. The summed E-state index contributed by atoms with van der Waals surface area (Å²) >= 11 is 0. The van der Waals surface area contributed by atoms with E-state index in [0.717, 1.165) is 12.8 Å². The Morgan fingerprint density at radius 2 is 1.11 bits per heavy atom. The molecular weight excluding hydrogens is 488 g/mol. The van der Waals surface area contributed by atoms with Crippen LogP contribution in [-0.2, 0) is 19.7 Å². The number of benzene rings is 2. The third kappa shape index (κ3) is 6.72. The lowest BCUT2D eigenvalue weighted by molar-refractivity contribution is 0.00375. The van der Waals surface area contributed by atoms with Crippen molar-refractivity contribution in [2.75, 3.05) is 0 Å². The normalized spacial score (nSPS) is 13.5. The molecule has 0 aliphatic carbocycles. The van der Waals surface area contributed by atoms with Crippen LogP contribution in [0.3, 0.4) is 0 Å². The van der Waals surface area contributed by atoms with Crippen LogP contribution in [0.15, 0.2) is 58.3 Å². The molecule has 0 fully saturated rings. The highest BCUT2D eigenvalue weighted by molar-refractivity contribution is 8.31. The average Bonchev–Trinajstić information content (AvgIpc) is 2.84. The van der Waals surface area contributed by atoms with Crippen molar-refractivity contribution in [3.63, 3.8) is 0 Å². The Morgan fingerprint density at radius 1 is 0.743 bits per heavy atom. The third-order valence-corrected chi connectivity index (χ3v) is 9.77. The summed E-state index contributed by atoms with van der Waals surface area (Å²) in [6.45, 7) is 7.81. The molecule has 0 amide bonds. The van der Waals surface area contributed by atoms with Gasteiger partial charge in [0.25, 0.3) is 19.7 Å². The minimum atomic E-state index is -4.79. The van der Waals surface area contributed by atoms with Crippen LogP contribution in [0.2, 0.25) is 0 Å². The number of rotatable bonds is 12. The molecule has 35 heavy (non-hydrogen) atoms. The number of sulfone groups is 2. The topological polar surface area (TPSA) is 123 Å². The molecule has 0 spiro atoms. The van der Waals surface area contributed by atoms with Gasteiger partial charge in [-0.3, -0.25) is 0 Å². The zero-order chi connectivity index (χ0) is 26.1. The van der Waals surface area contributed by atoms with E-state index in [2.05, 4.69) is 4.79 Å². The van der Waals surface area contributed by atoms with Crippen LogP contribution >= 0.6 is 0 Å². The molecule has 2 aromatic carbocycles. The van der Waals surface area contributed by atoms with Gasteiger partial charge in [-0.25, -0.2) is 16.8 Å². The van der Waals surface area contributed by atoms with E-state index in [9.17, 15) is 22.4 Å². The predicted molar refractivity (Wildman–Crippen MR) is 135 cm³/mol. The van der Waals surface area contributed by atoms with Crippen molar-refractivity contribution in [3.05, 3.63) is 54.1 Å². The number of hydrogen-bond donors (Lipinski definition) is 0. The van der Waals surface area contributed by atoms with Crippen LogP contribution in [0.5, 0.6) is 11.5 Å². The second-order valence-corrected chi connectivity index (χ2v) is 12.1. The van der Waals surface area contributed by atoms with Crippen LogP contribution in [-0.4, -0.2) is 38.2 Å². The molecule has 2 unspecified atom stereocenters. The molecule has 0 bridgehead atoms. The first-order chi connectivity index (χ1) is 16.7. The van der Waals surface area contributed by atoms with Gasteiger partial charge in [0.15, 0.2) is 0 Å². The fourth-order valence-corrected chi connectivity index (χ4v) is 7.24. The first-order valence-corrected chi connectivity index (χ1v) is 14.9. The maximum atomic E-state index is 13.5. The smallest absolute Gasteiger partial charge is 0.489 e. The van der Waals surface area contributed by atoms with E-state index in [4.69, 9.17) is 9.47 Å². The monoisotopic (exact) mass is 522 g/mol. The summed E-state index contributed by atoms with van der Waals surface area (Å²) in [5.74, 6) is 0.00496. The maximum absolute atomic E-state index is 13.5. The first kappa shape index (κ1) is 28.6. The van der Waals surface area contributed by atoms with Crippen molar-refractivity contribution in [3.8, 4) is 11.5 Å². The van der Waals surface area contributed by atoms with Gasteiger partial charge in [-0.05, 0) is 49.9 Å². The molecule has 0 aliphatic rings. The second kappa shape index (κ2) is 12.9. The Labute approximate surface area is 208 Å². The van der Waals surface area contributed by atoms with Crippen LogP contribution in [0.1, 0.15) is 66.2 Å². The zero-order valence-electron chi connectivity index (χ0n) is 20.7. The van der Waals surface area contributed by atoms with E-state index in [1.807, 2.05) is 27.7 Å². The quantitative estimate of drug-likeness (QED) is 0.158. The summed E-state index contributed by atoms with van der Waals surface area (Å²) in [5, 5.41) is 0. The van der Waals surface area contributed by atoms with Gasteiger partial charge in [-0.1, -0.05) is 64.8 Å². The fraction of sp³-hybridized carbons (Fsp3) is 0.480. The van der Waals surface area contributed by atoms with E-state index in [1.54, 1.807) is 12.1 Å². The molecule has 192 valence electrons. The molecule has 0 N–H and O–H groups in total. The van der Waals surface area contributed by atoms with Crippen LogP contribution < -0.4 is 9.47 Å². The van der Waals surface area contributed by atoms with Crippen molar-refractivity contribution >= 4 is 24.1 Å². The van der Waals surface area contributed by atoms with Gasteiger partial charge >= 0.3 is 4.38 Å². The van der Waals surface area contributed by atoms with E-state index in [0.29, 0.717) is 25.7 Å². The van der Waals surface area contributed by atoms with Gasteiger partial charge in [0, 0.05) is 0 Å². The molecule has 2 atom stereocenters. The van der Waals surface area contributed by atoms with Gasteiger partial charge in [-0.15, -0.1) is 4.79 Å². The molecular formula is C25H34N2O6S2. The molecule has 0 aliphatic heterocycles. The molecule has 8 nitrogen and oxygen atoms in total. The van der Waals surface area contributed by atoms with Gasteiger partial charge in [0.2, 0.25) is 0 Å². The number of ether oxygens (including phenoxy) is 2. The van der Waals surface area contributed by atoms with Crippen molar-refractivity contribution in [2.24, 2.45) is 0 Å². The highest BCUT2D eigenvalue weighted by atomic mass is 32.3. The molecule has 0 aromatic heterocycles. The van der Waals surface area contributed by atoms with E-state index in [1.165, 1.54) is 36.4 Å². The standard InChI is InChI=1S/C25H34N2O6S2/c1-5-13-19(7-3)32-21-15-9-11-17-23(21)34(28,29)25(27-26)35(30,31)24-18-12-10-16-22(24)33-20(8-4)14-6-2/h9-12,15-20H,5-8,13-14H2,1-4H3. The van der Waals surface area contributed by atoms with E-state index in [-0.39, 0.29) is 33.5 Å². The Morgan fingerprint density at radius 3 is 1.43 bits per heavy atom. The molecule has 0 saturated heterocycles. The van der Waals surface area contributed by atoms with Crippen molar-refractivity contribution < 1.29 is 31.1 Å². The Bertz CT molecular complexity index is 1160. The maximum Gasteiger partial charge on any atom is 0.504 e. The van der Waals surface area contributed by atoms with Crippen molar-refractivity contribution in [1.82, 2.24) is 0 Å². The highest BCUT2D eigenvalue weighted by Gasteiger charge is 2.46. The van der Waals surface area contributed by atoms with Gasteiger partial charge in [-0.2, -0.15) is 0 Å². The minimum Gasteiger partial charge on any atom is -0.489 e. The Kier molecular flexibility index (Phi) is 10.5. The lowest BCUT2D eigenvalue weighted by Crippen LogP contribution is -2.28. The highest BCUT2D eigenvalue weighted by Crippen LogP contribution is 2.33. The van der Waals surface area contributed by atoms with Gasteiger partial charge < -0.3 is 15.0 Å². The van der Waals surface area contributed by atoms with E-state index >= 15 is 0 Å². The number of nitrogens with zero attached hydrogens (tertiary/aromatic N) is 2. The Hall–Kier alpha value is -2.68. The van der Waals surface area contributed by atoms with Gasteiger partial charge in [0.1, 0.15) is 21.3 Å². The third-order valence-electron chi connectivity index (χ3n) is 5.54. The molecule has 0 heterocycles. The average molecular weight is 523 g/mol. The predicted octanol–water partition coefficient (Wildman–Crippen LogP) is 5.44.